The second kappa shape index (κ2) is 8.03. The molecule has 0 fully saturated rings. The molecule has 2 aromatic carbocycles. The molecule has 0 amide bonds. The van der Waals surface area contributed by atoms with Crippen LogP contribution < -0.4 is 14.2 Å². The largest absolute Gasteiger partial charge is 0.483 e. The van der Waals surface area contributed by atoms with Crippen LogP contribution in [0, 0.1) is 11.8 Å². The second-order valence-corrected chi connectivity index (χ2v) is 8.80. The monoisotopic (exact) mass is 385 g/mol. The second-order valence-electron chi connectivity index (χ2n) is 6.99. The molecule has 0 bridgehead atoms. The number of benzene rings is 2. The van der Waals surface area contributed by atoms with E-state index in [0.29, 0.717) is 5.75 Å². The molecule has 1 heterocycles. The van der Waals surface area contributed by atoms with Crippen molar-refractivity contribution in [1.82, 2.24) is 4.72 Å². The van der Waals surface area contributed by atoms with Crippen molar-refractivity contribution in [3.05, 3.63) is 59.7 Å². The Balaban J connectivity index is 1.48. The normalized spacial score (nSPS) is 14.6. The Morgan fingerprint density at radius 1 is 1.11 bits per heavy atom. The van der Waals surface area contributed by atoms with E-state index in [1.807, 2.05) is 50.2 Å². The van der Waals surface area contributed by atoms with E-state index < -0.39 is 10.0 Å². The first-order valence-corrected chi connectivity index (χ1v) is 10.4. The Kier molecular flexibility index (Phi) is 5.73. The molecule has 5 nitrogen and oxygen atoms in total. The average Bonchev–Trinajstić information content (AvgIpc) is 2.93. The van der Waals surface area contributed by atoms with Crippen LogP contribution in [-0.4, -0.2) is 27.2 Å². The number of nitrogens with one attached hydrogen (secondary N) is 1. The van der Waals surface area contributed by atoms with E-state index in [1.165, 1.54) is 0 Å². The van der Waals surface area contributed by atoms with Crippen LogP contribution in [0.3, 0.4) is 0 Å². The summed E-state index contributed by atoms with van der Waals surface area (Å²) in [4.78, 5) is 0. The molecule has 0 saturated heterocycles. The predicted octanol–water partition coefficient (Wildman–Crippen LogP) is 2.90. The smallest absolute Gasteiger partial charge is 0.216 e. The van der Waals surface area contributed by atoms with Crippen LogP contribution in [0.2, 0.25) is 0 Å². The molecule has 1 N–H and O–H groups in total. The lowest BCUT2D eigenvalue weighted by atomic mass is 10.0. The molecular formula is C21H23NO4S. The maximum atomic E-state index is 12.0. The number of hydrogen-bond donors (Lipinski definition) is 1. The molecule has 1 aliphatic heterocycles. The average molecular weight is 385 g/mol. The van der Waals surface area contributed by atoms with Gasteiger partial charge in [0.15, 0.2) is 11.5 Å². The lowest BCUT2D eigenvalue weighted by Gasteiger charge is -2.17. The van der Waals surface area contributed by atoms with Gasteiger partial charge in [0.2, 0.25) is 10.0 Å². The van der Waals surface area contributed by atoms with Crippen molar-refractivity contribution in [2.24, 2.45) is 0 Å². The molecule has 0 aliphatic carbocycles. The Morgan fingerprint density at radius 2 is 1.89 bits per heavy atom. The van der Waals surface area contributed by atoms with Gasteiger partial charge in [-0.15, -0.1) is 0 Å². The van der Waals surface area contributed by atoms with E-state index in [4.69, 9.17) is 9.47 Å². The summed E-state index contributed by atoms with van der Waals surface area (Å²) in [6.07, 6.45) is 0.842. The van der Waals surface area contributed by atoms with Gasteiger partial charge in [0.1, 0.15) is 12.2 Å². The van der Waals surface area contributed by atoms with E-state index in [-0.39, 0.29) is 24.5 Å². The molecule has 2 aromatic rings. The molecule has 0 aromatic heterocycles. The van der Waals surface area contributed by atoms with E-state index >= 15 is 0 Å². The maximum absolute atomic E-state index is 12.0. The zero-order chi connectivity index (χ0) is 19.3. The van der Waals surface area contributed by atoms with Gasteiger partial charge in [0.25, 0.3) is 0 Å². The van der Waals surface area contributed by atoms with Gasteiger partial charge in [0, 0.05) is 12.0 Å². The molecule has 0 radical (unpaired) electrons. The van der Waals surface area contributed by atoms with E-state index in [2.05, 4.69) is 16.6 Å². The highest BCUT2D eigenvalue weighted by molar-refractivity contribution is 7.88. The molecule has 142 valence electrons. The van der Waals surface area contributed by atoms with E-state index in [1.54, 1.807) is 12.1 Å². The fraction of sp³-hybridized carbons (Fsp3) is 0.333. The van der Waals surface area contributed by atoms with Gasteiger partial charge in [-0.25, -0.2) is 13.1 Å². The third-order valence-corrected chi connectivity index (χ3v) is 5.36. The van der Waals surface area contributed by atoms with Crippen molar-refractivity contribution in [2.75, 3.05) is 13.2 Å². The Labute approximate surface area is 160 Å². The molecule has 0 atom stereocenters. The SMILES string of the molecule is CC1(C)Cc2cccc(OCC#CCNS(=O)(=O)Cc3ccccc3)c2O1. The summed E-state index contributed by atoms with van der Waals surface area (Å²) in [6.45, 7) is 4.30. The minimum absolute atomic E-state index is 0.0506. The lowest BCUT2D eigenvalue weighted by molar-refractivity contribution is 0.133. The van der Waals surface area contributed by atoms with Crippen LogP contribution in [-0.2, 0) is 22.2 Å². The molecule has 27 heavy (non-hydrogen) atoms. The van der Waals surface area contributed by atoms with Crippen LogP contribution in [0.15, 0.2) is 48.5 Å². The minimum atomic E-state index is -3.41. The highest BCUT2D eigenvalue weighted by Crippen LogP contribution is 2.41. The first-order chi connectivity index (χ1) is 12.8. The summed E-state index contributed by atoms with van der Waals surface area (Å²) < 4.78 is 38.1. The van der Waals surface area contributed by atoms with Crippen molar-refractivity contribution in [3.8, 4) is 23.3 Å². The molecule has 0 unspecified atom stereocenters. The summed E-state index contributed by atoms with van der Waals surface area (Å²) in [6, 6.07) is 14.9. The molecule has 0 spiro atoms. The zero-order valence-corrected chi connectivity index (χ0v) is 16.3. The van der Waals surface area contributed by atoms with Crippen LogP contribution in [0.1, 0.15) is 25.0 Å². The number of para-hydroxylation sites is 1. The molecular weight excluding hydrogens is 362 g/mol. The third kappa shape index (κ3) is 5.49. The summed E-state index contributed by atoms with van der Waals surface area (Å²) in [5.41, 5.74) is 1.63. The fourth-order valence-electron chi connectivity index (χ4n) is 2.92. The van der Waals surface area contributed by atoms with Crippen molar-refractivity contribution in [2.45, 2.75) is 31.6 Å². The van der Waals surface area contributed by atoms with Gasteiger partial charge >= 0.3 is 0 Å². The topological polar surface area (TPSA) is 64.6 Å². The van der Waals surface area contributed by atoms with Gasteiger partial charge in [-0.1, -0.05) is 54.3 Å². The number of hydrogen-bond acceptors (Lipinski definition) is 4. The van der Waals surface area contributed by atoms with Crippen LogP contribution in [0.5, 0.6) is 11.5 Å². The minimum Gasteiger partial charge on any atom is -0.483 e. The summed E-state index contributed by atoms with van der Waals surface area (Å²) in [5, 5.41) is 0. The first-order valence-electron chi connectivity index (χ1n) is 8.75. The number of sulfonamides is 1. The van der Waals surface area contributed by atoms with Crippen molar-refractivity contribution < 1.29 is 17.9 Å². The number of ether oxygens (including phenoxy) is 2. The quantitative estimate of drug-likeness (QED) is 0.777. The molecule has 0 saturated carbocycles. The third-order valence-electron chi connectivity index (χ3n) is 4.06. The van der Waals surface area contributed by atoms with E-state index in [0.717, 1.165) is 23.3 Å². The molecule has 1 aliphatic rings. The van der Waals surface area contributed by atoms with Crippen LogP contribution in [0.4, 0.5) is 0 Å². The fourth-order valence-corrected chi connectivity index (χ4v) is 3.94. The van der Waals surface area contributed by atoms with Gasteiger partial charge in [-0.3, -0.25) is 0 Å². The van der Waals surface area contributed by atoms with Crippen molar-refractivity contribution >= 4 is 10.0 Å². The summed E-state index contributed by atoms with van der Waals surface area (Å²) in [7, 11) is -3.41. The highest BCUT2D eigenvalue weighted by atomic mass is 32.2. The lowest BCUT2D eigenvalue weighted by Crippen LogP contribution is -2.25. The summed E-state index contributed by atoms with van der Waals surface area (Å²) >= 11 is 0. The zero-order valence-electron chi connectivity index (χ0n) is 15.5. The highest BCUT2D eigenvalue weighted by Gasteiger charge is 2.32. The standard InChI is InChI=1S/C21H23NO4S/c1-21(2)15-18-11-8-12-19(20(18)26-21)25-14-7-6-13-22-27(23,24)16-17-9-4-3-5-10-17/h3-5,8-12,22H,13-16H2,1-2H3. The van der Waals surface area contributed by atoms with Crippen LogP contribution >= 0.6 is 0 Å². The predicted molar refractivity (Wildman–Crippen MR) is 105 cm³/mol. The first kappa shape index (κ1) is 19.3. The van der Waals surface area contributed by atoms with Crippen molar-refractivity contribution in [1.29, 1.82) is 0 Å². The molecule has 6 heteroatoms. The van der Waals surface area contributed by atoms with Crippen molar-refractivity contribution in [3.63, 3.8) is 0 Å². The number of rotatable bonds is 6. The Hall–Kier alpha value is -2.49. The van der Waals surface area contributed by atoms with Crippen LogP contribution in [0.25, 0.3) is 0 Å². The van der Waals surface area contributed by atoms with Gasteiger partial charge < -0.3 is 9.47 Å². The van der Waals surface area contributed by atoms with E-state index in [9.17, 15) is 8.42 Å². The van der Waals surface area contributed by atoms with Gasteiger partial charge in [0.05, 0.1) is 12.3 Å². The maximum Gasteiger partial charge on any atom is 0.216 e. The molecule has 3 rings (SSSR count). The Morgan fingerprint density at radius 3 is 2.67 bits per heavy atom. The van der Waals surface area contributed by atoms with Gasteiger partial charge in [-0.2, -0.15) is 0 Å². The van der Waals surface area contributed by atoms with Gasteiger partial charge in [-0.05, 0) is 25.5 Å². The Bertz CT molecular complexity index is 957. The number of fused-ring (bicyclic) bond motifs is 1. The summed E-state index contributed by atoms with van der Waals surface area (Å²) in [5.74, 6) is 6.98.